The van der Waals surface area contributed by atoms with E-state index in [1.165, 1.54) is 34.2 Å². The number of hydrogen-bond donors (Lipinski definition) is 2. The zero-order chi connectivity index (χ0) is 18.7. The maximum atomic E-state index is 12.1. The summed E-state index contributed by atoms with van der Waals surface area (Å²) in [5, 5.41) is 19.3. The van der Waals surface area contributed by atoms with E-state index in [9.17, 15) is 4.79 Å². The van der Waals surface area contributed by atoms with Gasteiger partial charge in [-0.3, -0.25) is 9.48 Å². The molecular formula is C17H20N6OS2. The third-order valence-corrected chi connectivity index (χ3v) is 5.73. The van der Waals surface area contributed by atoms with Crippen molar-refractivity contribution < 1.29 is 4.79 Å². The number of rotatable bonds is 6. The third-order valence-electron chi connectivity index (χ3n) is 3.76. The molecule has 1 aromatic carbocycles. The van der Waals surface area contributed by atoms with Crippen molar-refractivity contribution in [1.82, 2.24) is 20.0 Å². The fraction of sp³-hybridized carbons (Fsp3) is 0.294. The first-order chi connectivity index (χ1) is 12.4. The molecular weight excluding hydrogens is 368 g/mol. The van der Waals surface area contributed by atoms with Crippen molar-refractivity contribution in [2.75, 3.05) is 16.4 Å². The molecule has 0 aliphatic carbocycles. The molecule has 0 saturated heterocycles. The Morgan fingerprint density at radius 1 is 1.19 bits per heavy atom. The number of nitrogens with zero attached hydrogens (tertiary/aromatic N) is 4. The van der Waals surface area contributed by atoms with Gasteiger partial charge in [-0.15, -0.1) is 10.2 Å². The minimum Gasteiger partial charge on any atom is -0.330 e. The molecule has 0 atom stereocenters. The lowest BCUT2D eigenvalue weighted by atomic mass is 10.1. The highest BCUT2D eigenvalue weighted by Crippen LogP contribution is 2.28. The van der Waals surface area contributed by atoms with E-state index in [0.717, 1.165) is 15.7 Å². The van der Waals surface area contributed by atoms with E-state index in [0.29, 0.717) is 10.9 Å². The van der Waals surface area contributed by atoms with E-state index in [1.54, 1.807) is 11.7 Å². The van der Waals surface area contributed by atoms with Crippen LogP contribution in [0.25, 0.3) is 0 Å². The van der Waals surface area contributed by atoms with Gasteiger partial charge >= 0.3 is 0 Å². The highest BCUT2D eigenvalue weighted by Gasteiger charge is 2.11. The molecule has 3 aromatic rings. The Balaban J connectivity index is 1.54. The van der Waals surface area contributed by atoms with Crippen LogP contribution in [0.2, 0.25) is 0 Å². The van der Waals surface area contributed by atoms with E-state index in [1.807, 2.05) is 19.1 Å². The van der Waals surface area contributed by atoms with Crippen molar-refractivity contribution in [2.45, 2.75) is 25.1 Å². The molecule has 1 amide bonds. The summed E-state index contributed by atoms with van der Waals surface area (Å²) in [6.45, 7) is 6.04. The molecule has 0 spiro atoms. The SMILES string of the molecule is Cc1cc(NC(=O)CSc2nnc(Nc3ccc(C)c(C)c3)s2)n(C)n1. The van der Waals surface area contributed by atoms with Gasteiger partial charge in [0.05, 0.1) is 11.4 Å². The van der Waals surface area contributed by atoms with Gasteiger partial charge in [0.15, 0.2) is 4.34 Å². The highest BCUT2D eigenvalue weighted by atomic mass is 32.2. The fourth-order valence-electron chi connectivity index (χ4n) is 2.30. The average Bonchev–Trinajstić information content (AvgIpc) is 3.15. The van der Waals surface area contributed by atoms with Crippen molar-refractivity contribution in [3.8, 4) is 0 Å². The first kappa shape index (κ1) is 18.4. The van der Waals surface area contributed by atoms with Crippen molar-refractivity contribution in [3.05, 3.63) is 41.1 Å². The lowest BCUT2D eigenvalue weighted by molar-refractivity contribution is -0.113. The Morgan fingerprint density at radius 2 is 2.00 bits per heavy atom. The van der Waals surface area contributed by atoms with Crippen molar-refractivity contribution in [2.24, 2.45) is 7.05 Å². The monoisotopic (exact) mass is 388 g/mol. The molecule has 0 radical (unpaired) electrons. The van der Waals surface area contributed by atoms with Gasteiger partial charge in [-0.05, 0) is 44.0 Å². The van der Waals surface area contributed by atoms with Gasteiger partial charge in [-0.25, -0.2) is 0 Å². The Labute approximate surface area is 160 Å². The number of carbonyl (C=O) groups excluding carboxylic acids is 1. The van der Waals surface area contributed by atoms with E-state index in [2.05, 4.69) is 51.9 Å². The second-order valence-electron chi connectivity index (χ2n) is 5.93. The van der Waals surface area contributed by atoms with E-state index < -0.39 is 0 Å². The fourth-order valence-corrected chi connectivity index (χ4v) is 3.87. The van der Waals surface area contributed by atoms with Gasteiger partial charge in [-0.2, -0.15) is 5.10 Å². The number of amides is 1. The summed E-state index contributed by atoms with van der Waals surface area (Å²) >= 11 is 2.79. The van der Waals surface area contributed by atoms with Crippen LogP contribution in [0, 0.1) is 20.8 Å². The predicted molar refractivity (Wildman–Crippen MR) is 106 cm³/mol. The van der Waals surface area contributed by atoms with Crippen molar-refractivity contribution in [3.63, 3.8) is 0 Å². The summed E-state index contributed by atoms with van der Waals surface area (Å²) in [7, 11) is 1.80. The van der Waals surface area contributed by atoms with Crippen LogP contribution in [-0.2, 0) is 11.8 Å². The maximum Gasteiger partial charge on any atom is 0.235 e. The lowest BCUT2D eigenvalue weighted by Crippen LogP contribution is -2.16. The van der Waals surface area contributed by atoms with Crippen LogP contribution in [0.5, 0.6) is 0 Å². The van der Waals surface area contributed by atoms with E-state index in [-0.39, 0.29) is 11.7 Å². The van der Waals surface area contributed by atoms with Crippen LogP contribution in [0.1, 0.15) is 16.8 Å². The number of hydrogen-bond acceptors (Lipinski definition) is 7. The molecule has 0 bridgehead atoms. The quantitative estimate of drug-likeness (QED) is 0.627. The Morgan fingerprint density at radius 3 is 2.69 bits per heavy atom. The Kier molecular flexibility index (Phi) is 5.58. The van der Waals surface area contributed by atoms with Gasteiger partial charge in [0.25, 0.3) is 0 Å². The minimum atomic E-state index is -0.100. The van der Waals surface area contributed by atoms with Crippen LogP contribution < -0.4 is 10.6 Å². The molecule has 26 heavy (non-hydrogen) atoms. The van der Waals surface area contributed by atoms with E-state index >= 15 is 0 Å². The summed E-state index contributed by atoms with van der Waals surface area (Å²) in [6, 6.07) is 7.99. The molecule has 9 heteroatoms. The largest absolute Gasteiger partial charge is 0.330 e. The standard InChI is InChI=1S/C17H20N6OS2/c1-10-5-6-13(7-11(10)2)18-16-20-21-17(26-16)25-9-15(24)19-14-8-12(3)22-23(14)4/h5-8H,9H2,1-4H3,(H,18,20)(H,19,24). The van der Waals surface area contributed by atoms with Crippen LogP contribution in [-0.4, -0.2) is 31.6 Å². The molecule has 7 nitrogen and oxygen atoms in total. The first-order valence-corrected chi connectivity index (χ1v) is 9.82. The van der Waals surface area contributed by atoms with Crippen LogP contribution in [0.15, 0.2) is 28.6 Å². The molecule has 0 saturated carbocycles. The zero-order valence-electron chi connectivity index (χ0n) is 15.0. The molecule has 0 unspecified atom stereocenters. The van der Waals surface area contributed by atoms with Gasteiger partial charge in [0.2, 0.25) is 11.0 Å². The number of anilines is 3. The molecule has 2 N–H and O–H groups in total. The number of aromatic nitrogens is 4. The molecule has 0 fully saturated rings. The summed E-state index contributed by atoms with van der Waals surface area (Å²) < 4.78 is 2.39. The third kappa shape index (κ3) is 4.61. The number of aryl methyl sites for hydroxylation is 4. The first-order valence-electron chi connectivity index (χ1n) is 8.02. The summed E-state index contributed by atoms with van der Waals surface area (Å²) in [6.07, 6.45) is 0. The van der Waals surface area contributed by atoms with Gasteiger partial charge < -0.3 is 10.6 Å². The Bertz CT molecular complexity index is 933. The number of nitrogens with one attached hydrogen (secondary N) is 2. The topological polar surface area (TPSA) is 84.7 Å². The number of benzene rings is 1. The molecule has 3 rings (SSSR count). The van der Waals surface area contributed by atoms with Gasteiger partial charge in [0, 0.05) is 18.8 Å². The normalized spacial score (nSPS) is 10.8. The van der Waals surface area contributed by atoms with Crippen molar-refractivity contribution >= 4 is 45.6 Å². The summed E-state index contributed by atoms with van der Waals surface area (Å²) in [4.78, 5) is 12.1. The maximum absolute atomic E-state index is 12.1. The molecule has 0 aliphatic heterocycles. The molecule has 0 aliphatic rings. The second kappa shape index (κ2) is 7.88. The number of thioether (sulfide) groups is 1. The second-order valence-corrected chi connectivity index (χ2v) is 8.13. The van der Waals surface area contributed by atoms with Crippen LogP contribution in [0.3, 0.4) is 0 Å². The van der Waals surface area contributed by atoms with E-state index in [4.69, 9.17) is 0 Å². The van der Waals surface area contributed by atoms with Gasteiger partial charge in [0.1, 0.15) is 5.82 Å². The van der Waals surface area contributed by atoms with Gasteiger partial charge in [-0.1, -0.05) is 29.2 Å². The average molecular weight is 389 g/mol. The summed E-state index contributed by atoms with van der Waals surface area (Å²) in [5.41, 5.74) is 4.31. The predicted octanol–water partition coefficient (Wildman–Crippen LogP) is 3.67. The minimum absolute atomic E-state index is 0.100. The molecule has 2 heterocycles. The highest BCUT2D eigenvalue weighted by molar-refractivity contribution is 8.01. The van der Waals surface area contributed by atoms with Crippen LogP contribution in [0.4, 0.5) is 16.6 Å². The Hall–Kier alpha value is -2.39. The number of carbonyl (C=O) groups is 1. The molecule has 2 aromatic heterocycles. The summed E-state index contributed by atoms with van der Waals surface area (Å²) in [5.74, 6) is 0.849. The lowest BCUT2D eigenvalue weighted by Gasteiger charge is -2.05. The van der Waals surface area contributed by atoms with Crippen molar-refractivity contribution in [1.29, 1.82) is 0 Å². The smallest absolute Gasteiger partial charge is 0.235 e. The molecule has 136 valence electrons. The zero-order valence-corrected chi connectivity index (χ0v) is 16.7. The van der Waals surface area contributed by atoms with Crippen LogP contribution >= 0.6 is 23.1 Å².